The number of nitrogens with zero attached hydrogens (tertiary/aromatic N) is 1. The third kappa shape index (κ3) is 2.91. The van der Waals surface area contributed by atoms with Crippen LogP contribution >= 0.6 is 0 Å². The second kappa shape index (κ2) is 4.36. The number of rotatable bonds is 2. The van der Waals surface area contributed by atoms with Gasteiger partial charge < -0.3 is 14.7 Å². The van der Waals surface area contributed by atoms with Gasteiger partial charge in [0.05, 0.1) is 6.26 Å². The molecule has 0 aromatic rings. The SMILES string of the molecule is CN1CCC(=COCO)CC1. The molecule has 11 heavy (non-hydrogen) atoms. The first-order chi connectivity index (χ1) is 5.33. The lowest BCUT2D eigenvalue weighted by molar-refractivity contribution is 0.0579. The van der Waals surface area contributed by atoms with Crippen LogP contribution in [-0.2, 0) is 4.74 Å². The fraction of sp³-hybridized carbons (Fsp3) is 0.750. The lowest BCUT2D eigenvalue weighted by Crippen LogP contribution is -2.26. The molecule has 0 bridgehead atoms. The van der Waals surface area contributed by atoms with Crippen molar-refractivity contribution >= 4 is 0 Å². The van der Waals surface area contributed by atoms with Crippen molar-refractivity contribution in [3.8, 4) is 0 Å². The molecule has 3 nitrogen and oxygen atoms in total. The van der Waals surface area contributed by atoms with Crippen molar-refractivity contribution in [3.63, 3.8) is 0 Å². The van der Waals surface area contributed by atoms with E-state index in [4.69, 9.17) is 9.84 Å². The minimum Gasteiger partial charge on any atom is -0.475 e. The lowest BCUT2D eigenvalue weighted by Gasteiger charge is -2.23. The molecule has 0 radical (unpaired) electrons. The molecule has 1 fully saturated rings. The van der Waals surface area contributed by atoms with Gasteiger partial charge in [-0.2, -0.15) is 0 Å². The van der Waals surface area contributed by atoms with Gasteiger partial charge in [-0.05, 0) is 25.5 Å². The molecule has 0 aliphatic carbocycles. The summed E-state index contributed by atoms with van der Waals surface area (Å²) in [7, 11) is 2.11. The normalized spacial score (nSPS) is 20.0. The Bertz CT molecular complexity index is 135. The standard InChI is InChI=1S/C8H15NO2/c1-9-4-2-8(3-5-9)6-11-7-10/h6,10H,2-5,7H2,1H3. The molecule has 1 rings (SSSR count). The number of hydrogen-bond acceptors (Lipinski definition) is 3. The van der Waals surface area contributed by atoms with E-state index < -0.39 is 0 Å². The fourth-order valence-corrected chi connectivity index (χ4v) is 1.18. The van der Waals surface area contributed by atoms with Gasteiger partial charge >= 0.3 is 0 Å². The molecule has 0 aromatic carbocycles. The number of ether oxygens (including phenoxy) is 1. The van der Waals surface area contributed by atoms with Crippen LogP contribution in [0.15, 0.2) is 11.8 Å². The van der Waals surface area contributed by atoms with Crippen molar-refractivity contribution in [1.82, 2.24) is 4.90 Å². The maximum absolute atomic E-state index is 8.37. The summed E-state index contributed by atoms with van der Waals surface area (Å²) in [4.78, 5) is 2.29. The predicted molar refractivity (Wildman–Crippen MR) is 43.0 cm³/mol. The molecule has 0 amide bonds. The Kier molecular flexibility index (Phi) is 3.39. The van der Waals surface area contributed by atoms with Crippen LogP contribution in [0.2, 0.25) is 0 Å². The van der Waals surface area contributed by atoms with Gasteiger partial charge in [0, 0.05) is 13.1 Å². The largest absolute Gasteiger partial charge is 0.475 e. The molecule has 1 saturated heterocycles. The van der Waals surface area contributed by atoms with Gasteiger partial charge in [0.2, 0.25) is 0 Å². The summed E-state index contributed by atoms with van der Waals surface area (Å²) in [5, 5.41) is 8.37. The molecular formula is C8H15NO2. The first kappa shape index (κ1) is 8.56. The topological polar surface area (TPSA) is 32.7 Å². The van der Waals surface area contributed by atoms with Gasteiger partial charge in [-0.25, -0.2) is 0 Å². The summed E-state index contributed by atoms with van der Waals surface area (Å²) in [5.41, 5.74) is 1.30. The maximum atomic E-state index is 8.37. The summed E-state index contributed by atoms with van der Waals surface area (Å²) in [6, 6.07) is 0. The zero-order chi connectivity index (χ0) is 8.10. The molecule has 64 valence electrons. The third-order valence-corrected chi connectivity index (χ3v) is 1.95. The zero-order valence-corrected chi connectivity index (χ0v) is 6.92. The second-order valence-corrected chi connectivity index (χ2v) is 2.88. The zero-order valence-electron chi connectivity index (χ0n) is 6.92. The molecule has 0 atom stereocenters. The molecule has 0 spiro atoms. The van der Waals surface area contributed by atoms with E-state index in [1.807, 2.05) is 0 Å². The quantitative estimate of drug-likeness (QED) is 0.469. The highest BCUT2D eigenvalue weighted by Crippen LogP contribution is 2.13. The van der Waals surface area contributed by atoms with Gasteiger partial charge in [-0.15, -0.1) is 0 Å². The van der Waals surface area contributed by atoms with Crippen molar-refractivity contribution in [1.29, 1.82) is 0 Å². The number of hydrogen-bond donors (Lipinski definition) is 1. The van der Waals surface area contributed by atoms with Gasteiger partial charge in [-0.1, -0.05) is 0 Å². The first-order valence-corrected chi connectivity index (χ1v) is 3.92. The Morgan fingerprint density at radius 3 is 2.73 bits per heavy atom. The van der Waals surface area contributed by atoms with Crippen molar-refractivity contribution in [3.05, 3.63) is 11.8 Å². The second-order valence-electron chi connectivity index (χ2n) is 2.88. The number of piperidine rings is 1. The Hall–Kier alpha value is -0.540. The van der Waals surface area contributed by atoms with Crippen LogP contribution in [0.3, 0.4) is 0 Å². The van der Waals surface area contributed by atoms with Gasteiger partial charge in [0.25, 0.3) is 0 Å². The molecular weight excluding hydrogens is 142 g/mol. The Labute approximate surface area is 67.3 Å². The Morgan fingerprint density at radius 2 is 2.18 bits per heavy atom. The first-order valence-electron chi connectivity index (χ1n) is 3.92. The van der Waals surface area contributed by atoms with E-state index in [-0.39, 0.29) is 6.79 Å². The van der Waals surface area contributed by atoms with E-state index in [9.17, 15) is 0 Å². The molecule has 0 unspecified atom stereocenters. The third-order valence-electron chi connectivity index (χ3n) is 1.95. The van der Waals surface area contributed by atoms with Crippen molar-refractivity contribution in [2.75, 3.05) is 26.9 Å². The van der Waals surface area contributed by atoms with E-state index >= 15 is 0 Å². The van der Waals surface area contributed by atoms with Crippen LogP contribution in [0.25, 0.3) is 0 Å². The van der Waals surface area contributed by atoms with Crippen LogP contribution in [0.5, 0.6) is 0 Å². The van der Waals surface area contributed by atoms with E-state index in [1.165, 1.54) is 5.57 Å². The minimum absolute atomic E-state index is 0.209. The highest BCUT2D eigenvalue weighted by Gasteiger charge is 2.09. The lowest BCUT2D eigenvalue weighted by atomic mass is 10.1. The highest BCUT2D eigenvalue weighted by molar-refractivity contribution is 5.01. The van der Waals surface area contributed by atoms with Crippen molar-refractivity contribution < 1.29 is 9.84 Å². The molecule has 0 saturated carbocycles. The summed E-state index contributed by atoms with van der Waals surface area (Å²) in [6.07, 6.45) is 3.82. The highest BCUT2D eigenvalue weighted by atomic mass is 16.6. The van der Waals surface area contributed by atoms with Gasteiger partial charge in [0.15, 0.2) is 6.79 Å². The molecule has 3 heteroatoms. The molecule has 1 aliphatic heterocycles. The Morgan fingerprint density at radius 1 is 1.55 bits per heavy atom. The number of aliphatic hydroxyl groups is 1. The van der Waals surface area contributed by atoms with Crippen molar-refractivity contribution in [2.45, 2.75) is 12.8 Å². The smallest absolute Gasteiger partial charge is 0.185 e. The molecule has 1 heterocycles. The summed E-state index contributed by atoms with van der Waals surface area (Å²) in [5.74, 6) is 0. The van der Waals surface area contributed by atoms with E-state index in [0.29, 0.717) is 0 Å². The molecule has 1 aliphatic rings. The summed E-state index contributed by atoms with van der Waals surface area (Å²) in [6.45, 7) is 1.99. The van der Waals surface area contributed by atoms with Crippen LogP contribution in [-0.4, -0.2) is 36.9 Å². The monoisotopic (exact) mass is 157 g/mol. The minimum atomic E-state index is -0.209. The summed E-state index contributed by atoms with van der Waals surface area (Å²) < 4.78 is 4.78. The maximum Gasteiger partial charge on any atom is 0.185 e. The average Bonchev–Trinajstić information content (AvgIpc) is 2.04. The van der Waals surface area contributed by atoms with Crippen LogP contribution < -0.4 is 0 Å². The van der Waals surface area contributed by atoms with Gasteiger partial charge in [0.1, 0.15) is 0 Å². The van der Waals surface area contributed by atoms with E-state index in [0.717, 1.165) is 25.9 Å². The fourth-order valence-electron chi connectivity index (χ4n) is 1.18. The Balaban J connectivity index is 2.26. The summed E-state index contributed by atoms with van der Waals surface area (Å²) >= 11 is 0. The average molecular weight is 157 g/mol. The molecule has 0 aromatic heterocycles. The van der Waals surface area contributed by atoms with Crippen LogP contribution in [0.4, 0.5) is 0 Å². The number of likely N-dealkylation sites (tertiary alicyclic amines) is 1. The van der Waals surface area contributed by atoms with Gasteiger partial charge in [-0.3, -0.25) is 0 Å². The predicted octanol–water partition coefficient (Wildman–Crippen LogP) is 0.562. The van der Waals surface area contributed by atoms with E-state index in [2.05, 4.69) is 11.9 Å². The number of aliphatic hydroxyl groups excluding tert-OH is 1. The van der Waals surface area contributed by atoms with Crippen LogP contribution in [0, 0.1) is 0 Å². The van der Waals surface area contributed by atoms with E-state index in [1.54, 1.807) is 6.26 Å². The van der Waals surface area contributed by atoms with Crippen molar-refractivity contribution in [2.24, 2.45) is 0 Å². The van der Waals surface area contributed by atoms with Crippen LogP contribution in [0.1, 0.15) is 12.8 Å². The molecule has 1 N–H and O–H groups in total.